The molecule has 0 bridgehead atoms. The summed E-state index contributed by atoms with van der Waals surface area (Å²) in [6.45, 7) is 0. The Morgan fingerprint density at radius 2 is 2.50 bits per heavy atom. The normalized spacial score (nSPS) is 19.0. The van der Waals surface area contributed by atoms with Crippen molar-refractivity contribution < 1.29 is 9.79 Å². The van der Waals surface area contributed by atoms with Gasteiger partial charge in [0.1, 0.15) is 0 Å². The van der Waals surface area contributed by atoms with E-state index in [2.05, 4.69) is 10.4 Å². The highest BCUT2D eigenvalue weighted by Gasteiger charge is 1.72. The largest absolute Gasteiger partial charge is 0.338 e. The van der Waals surface area contributed by atoms with Gasteiger partial charge in [0, 0.05) is 0 Å². The average molecular weight is 82.0 g/mol. The smallest absolute Gasteiger partial charge is 0.247 e. The molecule has 26 valence electrons. The first-order valence-electron chi connectivity index (χ1n) is 1.05. The zero-order valence-corrected chi connectivity index (χ0v) is 2.77. The summed E-state index contributed by atoms with van der Waals surface area (Å²) in [6.07, 6.45) is 0. The maximum atomic E-state index is 7.79. The molecule has 0 aliphatic rings. The van der Waals surface area contributed by atoms with Gasteiger partial charge in [-0.25, -0.2) is 0 Å². The van der Waals surface area contributed by atoms with Crippen LogP contribution in [0.25, 0.3) is 0 Å². The van der Waals surface area contributed by atoms with Crippen molar-refractivity contribution in [3.8, 4) is 0 Å². The minimum Gasteiger partial charge on any atom is -0.338 e. The Hall–Kier alpha value is 0.310. The molecule has 0 aliphatic carbocycles. The number of nitrogens with two attached hydrogens (primary N) is 1. The van der Waals surface area contributed by atoms with E-state index in [4.69, 9.17) is 6.32 Å². The van der Waals surface area contributed by atoms with E-state index < -0.39 is 8.53 Å². The van der Waals surface area contributed by atoms with Crippen LogP contribution >= 0.6 is 8.53 Å². The van der Waals surface area contributed by atoms with Gasteiger partial charge in [0.05, 0.1) is 0 Å². The second-order valence-electron chi connectivity index (χ2n) is 0.303. The van der Waals surface area contributed by atoms with E-state index in [0.29, 0.717) is 0 Å². The van der Waals surface area contributed by atoms with Gasteiger partial charge >= 0.3 is 0 Å². The quantitative estimate of drug-likeness (QED) is 0.361. The van der Waals surface area contributed by atoms with Crippen LogP contribution in [0.3, 0.4) is 0 Å². The molecule has 4 heteroatoms. The second-order valence-corrected chi connectivity index (χ2v) is 0.908. The van der Waals surface area contributed by atoms with E-state index in [-0.39, 0.29) is 0 Å². The molecule has 0 saturated carbocycles. The van der Waals surface area contributed by atoms with Gasteiger partial charge in [-0.3, -0.25) is 5.50 Å². The topological polar surface area (TPSA) is 66.5 Å². The molecule has 4 heavy (non-hydrogen) atoms. The van der Waals surface area contributed by atoms with Gasteiger partial charge in [0.2, 0.25) is 9.96 Å². The molecule has 4 N–H and O–H groups in total. The SMILES string of the molecule is [2H]OP(N)O. The molecule has 0 heterocycles. The fourth-order valence-electron chi connectivity index (χ4n) is 0. The van der Waals surface area contributed by atoms with Gasteiger partial charge in [0.15, 0.2) is 0 Å². The first kappa shape index (κ1) is 2.54. The lowest BCUT2D eigenvalue weighted by molar-refractivity contribution is 0.485. The minimum absolute atomic E-state index is 1.93. The molecule has 0 aromatic rings. The number of hydrogen-bond acceptors (Lipinski definition) is 3. The molecule has 0 aromatic carbocycles. The van der Waals surface area contributed by atoms with E-state index >= 15 is 0 Å². The van der Waals surface area contributed by atoms with Crippen molar-refractivity contribution in [3.05, 3.63) is 0 Å². The van der Waals surface area contributed by atoms with Crippen molar-refractivity contribution in [1.82, 2.24) is 0 Å². The van der Waals surface area contributed by atoms with Crippen LogP contribution in [-0.2, 0) is 0 Å². The molecule has 0 aromatic heterocycles. The van der Waals surface area contributed by atoms with Crippen LogP contribution in [0.2, 0.25) is 0 Å². The molecule has 0 aliphatic heterocycles. The summed E-state index contributed by atoms with van der Waals surface area (Å²) in [7, 11) is -1.93. The Kier molecular flexibility index (Phi) is 1.02. The molecule has 1 unspecified atom stereocenters. The zero-order chi connectivity index (χ0) is 4.28. The fourth-order valence-corrected chi connectivity index (χ4v) is 0. The molecular weight excluding hydrogens is 77.0 g/mol. The van der Waals surface area contributed by atoms with Gasteiger partial charge in [-0.15, -0.1) is 0 Å². The van der Waals surface area contributed by atoms with Crippen LogP contribution in [0.15, 0.2) is 0 Å². The predicted octanol–water partition coefficient (Wildman–Crippen LogP) is -0.843. The third-order valence-electron chi connectivity index (χ3n) is 0. The molecule has 0 fully saturated rings. The molecule has 0 saturated heterocycles. The zero-order valence-electron chi connectivity index (χ0n) is 2.88. The van der Waals surface area contributed by atoms with Crippen molar-refractivity contribution in [2.45, 2.75) is 0 Å². The maximum absolute atomic E-state index is 7.79. The van der Waals surface area contributed by atoms with Crippen LogP contribution in [-0.4, -0.2) is 11.2 Å². The van der Waals surface area contributed by atoms with Crippen molar-refractivity contribution >= 4 is 8.53 Å². The molecule has 1 atom stereocenters. The minimum atomic E-state index is -1.93. The first-order valence-corrected chi connectivity index (χ1v) is 1.92. The van der Waals surface area contributed by atoms with E-state index in [0.717, 1.165) is 0 Å². The molecule has 0 radical (unpaired) electrons. The summed E-state index contributed by atoms with van der Waals surface area (Å²) >= 11 is 0. The van der Waals surface area contributed by atoms with Gasteiger partial charge in [0.25, 0.3) is 0 Å². The van der Waals surface area contributed by atoms with Crippen molar-refractivity contribution in [3.63, 3.8) is 0 Å². The van der Waals surface area contributed by atoms with Gasteiger partial charge in [-0.05, 0) is 0 Å². The van der Waals surface area contributed by atoms with Crippen molar-refractivity contribution in [1.29, 1.82) is 1.43 Å². The molecule has 0 spiro atoms. The molecular formula is H4NO2P. The Balaban J connectivity index is 2.54. The highest BCUT2D eigenvalue weighted by Crippen LogP contribution is 2.05. The Labute approximate surface area is 26.5 Å². The molecule has 3 nitrogen and oxygen atoms in total. The van der Waals surface area contributed by atoms with E-state index in [1.165, 1.54) is 0 Å². The standard InChI is InChI=1S/H4NO2P/c1-4(2)3/h2-3H,1H2/i2D. The highest BCUT2D eigenvalue weighted by atomic mass is 31.2. The van der Waals surface area contributed by atoms with Crippen LogP contribution in [0.4, 0.5) is 0 Å². The molecule has 0 amide bonds. The maximum Gasteiger partial charge on any atom is 0.247 e. The average Bonchev–Trinajstić information content (AvgIpc) is 1.38. The molecule has 0 rings (SSSR count). The lowest BCUT2D eigenvalue weighted by Gasteiger charge is -1.79. The summed E-state index contributed by atoms with van der Waals surface area (Å²) in [5.74, 6) is 0. The lowest BCUT2D eigenvalue weighted by Crippen LogP contribution is -1.78. The number of hydrogen-bond donors (Lipinski definition) is 3. The monoisotopic (exact) mass is 82.0 g/mol. The van der Waals surface area contributed by atoms with Crippen molar-refractivity contribution in [2.75, 3.05) is 0 Å². The summed E-state index contributed by atoms with van der Waals surface area (Å²) in [4.78, 5) is 11.2. The van der Waals surface area contributed by atoms with E-state index in [1.54, 1.807) is 0 Å². The summed E-state index contributed by atoms with van der Waals surface area (Å²) in [5, 5.41) is 0. The third-order valence-corrected chi connectivity index (χ3v) is 0. The van der Waals surface area contributed by atoms with Crippen LogP contribution < -0.4 is 5.50 Å². The first-order chi connectivity index (χ1) is 2.27. The predicted molar refractivity (Wildman–Crippen MR) is 15.5 cm³/mol. The summed E-state index contributed by atoms with van der Waals surface area (Å²) in [6, 6.07) is 0. The van der Waals surface area contributed by atoms with Crippen LogP contribution in [0.1, 0.15) is 0 Å². The Morgan fingerprint density at radius 3 is 2.50 bits per heavy atom. The second kappa shape index (κ2) is 1.61. The highest BCUT2D eigenvalue weighted by molar-refractivity contribution is 7.42. The Bertz CT molecular complexity index is 23.6. The van der Waals surface area contributed by atoms with E-state index in [1.807, 2.05) is 0 Å². The van der Waals surface area contributed by atoms with Crippen LogP contribution in [0.5, 0.6) is 0 Å². The third kappa shape index (κ3) is 41.3. The van der Waals surface area contributed by atoms with E-state index in [9.17, 15) is 0 Å². The summed E-state index contributed by atoms with van der Waals surface area (Å²) < 4.78 is 5.81. The van der Waals surface area contributed by atoms with Gasteiger partial charge in [-0.2, -0.15) is 0 Å². The van der Waals surface area contributed by atoms with Gasteiger partial charge in [-0.1, -0.05) is 0 Å². The fraction of sp³-hybridized carbons (Fsp3) is 0. The Morgan fingerprint density at radius 1 is 2.25 bits per heavy atom. The number of rotatable bonds is 1. The van der Waals surface area contributed by atoms with Crippen LogP contribution in [0, 0.1) is 0 Å². The van der Waals surface area contributed by atoms with Crippen molar-refractivity contribution in [2.24, 2.45) is 5.50 Å². The lowest BCUT2D eigenvalue weighted by atomic mass is 13.9. The van der Waals surface area contributed by atoms with Gasteiger partial charge < -0.3 is 9.79 Å². The summed E-state index contributed by atoms with van der Waals surface area (Å²) in [5.41, 5.74) is 4.50.